The van der Waals surface area contributed by atoms with Gasteiger partial charge in [0.25, 0.3) is 0 Å². The largest absolute Gasteiger partial charge is 0.494 e. The molecule has 0 aromatic heterocycles. The summed E-state index contributed by atoms with van der Waals surface area (Å²) in [5, 5.41) is 0. The van der Waals surface area contributed by atoms with Crippen molar-refractivity contribution in [2.24, 2.45) is 17.8 Å². The number of hydrogen-bond donors (Lipinski definition) is 2. The number of esters is 6. The molecule has 3 unspecified atom stereocenters. The molecule has 0 bridgehead atoms. The Morgan fingerprint density at radius 2 is 0.536 bits per heavy atom. The highest BCUT2D eigenvalue weighted by molar-refractivity contribution is 6.64. The molecule has 19 nitrogen and oxygen atoms in total. The maximum Gasteiger partial charge on any atom is 0.372 e. The van der Waals surface area contributed by atoms with Crippen molar-refractivity contribution < 1.29 is 89.2 Å². The molecule has 0 amide bonds. The molecule has 521 valence electrons. The minimum atomic E-state index is -2.19. The van der Waals surface area contributed by atoms with Gasteiger partial charge in [-0.05, 0) is 201 Å². The minimum absolute atomic E-state index is 0.266. The molecule has 3 atom stereocenters. The third-order valence-electron chi connectivity index (χ3n) is 15.9. The van der Waals surface area contributed by atoms with Gasteiger partial charge >= 0.3 is 63.7 Å². The summed E-state index contributed by atoms with van der Waals surface area (Å²) in [7, 11) is -6.35. The predicted octanol–water partition coefficient (Wildman–Crippen LogP) is 15.7. The van der Waals surface area contributed by atoms with Gasteiger partial charge in [-0.1, -0.05) is 119 Å². The standard InChI is InChI=1S/C75H95O19Si3/c1-7-55(4)52-87-70(76)58-28-40-67(41-29-58)90-73(79)61-22-34-64(35-23-61)84-46-16-10-13-19-49-95(82)93-97(51-21-15-12-18-48-86-66-38-26-63(27-39-66)75(81)92-69-44-32-60(33-45-69)72(78)89-54-57(6)9-3)94-96(83)50-20-14-11-17-47-85-65-36-24-62(25-37-65)74(80)91-68-42-30-59(31-43-68)71(77)88-53-56(5)8-2/h22-45,55-57,82-83H,7-21,46-54H2,1-6H3. The summed E-state index contributed by atoms with van der Waals surface area (Å²) in [4.78, 5) is 97.9. The van der Waals surface area contributed by atoms with Crippen molar-refractivity contribution in [3.05, 3.63) is 179 Å². The summed E-state index contributed by atoms with van der Waals surface area (Å²) in [5.74, 6) is 0.704. The Bertz CT molecular complexity index is 3130. The Kier molecular flexibility index (Phi) is 35.4. The van der Waals surface area contributed by atoms with Gasteiger partial charge in [-0.2, -0.15) is 0 Å². The van der Waals surface area contributed by atoms with E-state index < -0.39 is 63.7 Å². The Morgan fingerprint density at radius 3 is 0.794 bits per heavy atom. The van der Waals surface area contributed by atoms with Gasteiger partial charge in [-0.3, -0.25) is 0 Å². The maximum atomic E-state index is 12.9. The van der Waals surface area contributed by atoms with Crippen LogP contribution in [0, 0.1) is 17.8 Å². The monoisotopic (exact) mass is 1380 g/mol. The first-order chi connectivity index (χ1) is 47.0. The van der Waals surface area contributed by atoms with Gasteiger partial charge in [-0.25, -0.2) is 28.8 Å². The highest BCUT2D eigenvalue weighted by atomic mass is 28.4. The number of ether oxygens (including phenoxy) is 9. The van der Waals surface area contributed by atoms with Crippen LogP contribution in [0.15, 0.2) is 146 Å². The van der Waals surface area contributed by atoms with E-state index in [1.54, 1.807) is 146 Å². The molecular formula is C75H95O19Si3. The molecule has 0 spiro atoms. The van der Waals surface area contributed by atoms with Crippen molar-refractivity contribution in [2.45, 2.75) is 156 Å². The third-order valence-corrected chi connectivity index (χ3v) is 21.9. The molecule has 22 heteroatoms. The Labute approximate surface area is 576 Å². The molecule has 6 rings (SSSR count). The molecule has 0 fully saturated rings. The summed E-state index contributed by atoms with van der Waals surface area (Å²) in [6.07, 6.45) is 12.7. The highest BCUT2D eigenvalue weighted by Gasteiger charge is 2.27. The van der Waals surface area contributed by atoms with Crippen LogP contribution in [0.25, 0.3) is 0 Å². The van der Waals surface area contributed by atoms with E-state index in [0.29, 0.717) is 126 Å². The van der Waals surface area contributed by atoms with Gasteiger partial charge in [0.15, 0.2) is 0 Å². The first kappa shape index (κ1) is 78.0. The fourth-order valence-electron chi connectivity index (χ4n) is 9.04. The second kappa shape index (κ2) is 44.1. The molecule has 0 saturated heterocycles. The second-order valence-electron chi connectivity index (χ2n) is 24.1. The van der Waals surface area contributed by atoms with E-state index in [1.165, 1.54) is 0 Å². The maximum absolute atomic E-state index is 12.9. The van der Waals surface area contributed by atoms with Gasteiger partial charge in [-0.15, -0.1) is 0 Å². The lowest BCUT2D eigenvalue weighted by atomic mass is 10.1. The first-order valence-corrected chi connectivity index (χ1v) is 38.6. The smallest absolute Gasteiger partial charge is 0.372 e. The van der Waals surface area contributed by atoms with Gasteiger partial charge in [0.05, 0.1) is 73.0 Å². The van der Waals surface area contributed by atoms with E-state index in [4.69, 9.17) is 50.9 Å². The molecular weight excluding hydrogens is 1290 g/mol. The summed E-state index contributed by atoms with van der Waals surface area (Å²) >= 11 is 0. The van der Waals surface area contributed by atoms with Crippen LogP contribution in [-0.2, 0) is 22.4 Å². The zero-order valence-corrected chi connectivity index (χ0v) is 59.9. The van der Waals surface area contributed by atoms with Crippen molar-refractivity contribution in [2.75, 3.05) is 39.6 Å². The van der Waals surface area contributed by atoms with Gasteiger partial charge in [0.1, 0.15) is 34.5 Å². The molecule has 0 saturated carbocycles. The average Bonchev–Trinajstić information content (AvgIpc) is 2.01. The normalized spacial score (nSPS) is 12.2. The molecule has 6 aromatic rings. The fourth-order valence-corrected chi connectivity index (χ4v) is 15.0. The summed E-state index contributed by atoms with van der Waals surface area (Å²) in [5.41, 5.74) is 2.19. The zero-order valence-electron chi connectivity index (χ0n) is 56.9. The van der Waals surface area contributed by atoms with Gasteiger partial charge < -0.3 is 60.5 Å². The SMILES string of the molecule is CCC(C)COC(=O)c1ccc(OC(=O)c2ccc(OCCCCCC[Si](O)O[Si](CCCCCCOc3ccc(C(=O)Oc4ccc(C(=O)OCC(C)CC)cc4)cc3)O[Si](O)CCCCCCOc3ccc(C(=O)Oc4ccc(C(=O)OCC(C)CC)cc4)cc3)cc2)cc1. The van der Waals surface area contributed by atoms with E-state index in [0.717, 1.165) is 96.3 Å². The van der Waals surface area contributed by atoms with E-state index in [2.05, 4.69) is 0 Å². The van der Waals surface area contributed by atoms with Crippen LogP contribution in [0.3, 0.4) is 0 Å². The average molecular weight is 1380 g/mol. The molecule has 0 aliphatic rings. The van der Waals surface area contributed by atoms with Gasteiger partial charge in [0, 0.05) is 0 Å². The molecule has 6 aromatic carbocycles. The molecule has 3 radical (unpaired) electrons. The summed E-state index contributed by atoms with van der Waals surface area (Å²) in [6, 6.07) is 40.6. The predicted molar refractivity (Wildman–Crippen MR) is 373 cm³/mol. The number of carbonyl (C=O) groups is 6. The van der Waals surface area contributed by atoms with Crippen molar-refractivity contribution >= 4 is 63.7 Å². The van der Waals surface area contributed by atoms with Gasteiger partial charge in [0.2, 0.25) is 0 Å². The van der Waals surface area contributed by atoms with Crippen LogP contribution in [0.1, 0.15) is 200 Å². The molecule has 2 N–H and O–H groups in total. The number of benzene rings is 6. The van der Waals surface area contributed by atoms with Crippen LogP contribution >= 0.6 is 0 Å². The van der Waals surface area contributed by atoms with Crippen LogP contribution < -0.4 is 28.4 Å². The Morgan fingerprint density at radius 1 is 0.309 bits per heavy atom. The number of rotatable bonds is 46. The van der Waals surface area contributed by atoms with Crippen molar-refractivity contribution in [3.8, 4) is 34.5 Å². The van der Waals surface area contributed by atoms with Crippen molar-refractivity contribution in [1.29, 1.82) is 0 Å². The fraction of sp³-hybridized carbons (Fsp3) is 0.440. The molecule has 0 aliphatic carbocycles. The van der Waals surface area contributed by atoms with Crippen LogP contribution in [-0.4, -0.2) is 113 Å². The number of carbonyl (C=O) groups excluding carboxylic acids is 6. The van der Waals surface area contributed by atoms with E-state index in [-0.39, 0.29) is 17.8 Å². The van der Waals surface area contributed by atoms with Crippen LogP contribution in [0.4, 0.5) is 0 Å². The Hall–Kier alpha value is -7.97. The summed E-state index contributed by atoms with van der Waals surface area (Å²) in [6.45, 7) is 14.6. The van der Waals surface area contributed by atoms with E-state index in [9.17, 15) is 38.4 Å². The lowest BCUT2D eigenvalue weighted by Gasteiger charge is -2.20. The number of unbranched alkanes of at least 4 members (excludes halogenated alkanes) is 9. The lowest BCUT2D eigenvalue weighted by molar-refractivity contribution is 0.0438. The van der Waals surface area contributed by atoms with E-state index in [1.807, 2.05) is 41.5 Å². The first-order valence-electron chi connectivity index (χ1n) is 34.0. The molecule has 0 aliphatic heterocycles. The zero-order chi connectivity index (χ0) is 69.6. The van der Waals surface area contributed by atoms with Crippen LogP contribution in [0.5, 0.6) is 34.5 Å². The van der Waals surface area contributed by atoms with Crippen LogP contribution in [0.2, 0.25) is 18.1 Å². The Balaban J connectivity index is 0.872. The van der Waals surface area contributed by atoms with Crippen molar-refractivity contribution in [3.63, 3.8) is 0 Å². The topological polar surface area (TPSA) is 244 Å². The third kappa shape index (κ3) is 30.1. The van der Waals surface area contributed by atoms with Crippen molar-refractivity contribution in [1.82, 2.24) is 0 Å². The summed E-state index contributed by atoms with van der Waals surface area (Å²) < 4.78 is 63.0. The molecule has 97 heavy (non-hydrogen) atoms. The number of hydrogen-bond acceptors (Lipinski definition) is 19. The molecule has 0 heterocycles. The second-order valence-corrected chi connectivity index (χ2v) is 29.5. The lowest BCUT2D eigenvalue weighted by Crippen LogP contribution is -2.37. The highest BCUT2D eigenvalue weighted by Crippen LogP contribution is 2.24. The minimum Gasteiger partial charge on any atom is -0.494 e. The van der Waals surface area contributed by atoms with E-state index >= 15 is 0 Å². The quantitative estimate of drug-likeness (QED) is 0.0119.